The molecule has 3 N–H and O–H groups in total. The van der Waals surface area contributed by atoms with E-state index in [2.05, 4.69) is 6.92 Å². The quantitative estimate of drug-likeness (QED) is 0.645. The molecule has 0 heterocycles. The van der Waals surface area contributed by atoms with Crippen molar-refractivity contribution in [1.29, 1.82) is 0 Å². The first-order valence-corrected chi connectivity index (χ1v) is 4.63. The Morgan fingerprint density at radius 2 is 2.18 bits per heavy atom. The molecular formula is C9H19NO. The molecule has 1 unspecified atom stereocenters. The molecule has 1 fully saturated rings. The Morgan fingerprint density at radius 3 is 2.45 bits per heavy atom. The second-order valence-corrected chi connectivity index (χ2v) is 3.66. The molecule has 1 rings (SSSR count). The summed E-state index contributed by atoms with van der Waals surface area (Å²) in [6, 6.07) is 0. The van der Waals surface area contributed by atoms with Crippen LogP contribution < -0.4 is 5.73 Å². The molecule has 0 spiro atoms. The van der Waals surface area contributed by atoms with Gasteiger partial charge in [0, 0.05) is 0 Å². The van der Waals surface area contributed by atoms with Crippen molar-refractivity contribution in [3.63, 3.8) is 0 Å². The minimum Gasteiger partial charge on any atom is -0.393 e. The highest BCUT2D eigenvalue weighted by molar-refractivity contribution is 4.92. The van der Waals surface area contributed by atoms with Crippen LogP contribution in [0.15, 0.2) is 0 Å². The lowest BCUT2D eigenvalue weighted by atomic mass is 9.63. The van der Waals surface area contributed by atoms with Crippen molar-refractivity contribution in [2.45, 2.75) is 45.1 Å². The number of rotatable bonds is 4. The molecule has 0 amide bonds. The average Bonchev–Trinajstić information content (AvgIpc) is 1.87. The second kappa shape index (κ2) is 3.55. The number of hydrogen-bond donors (Lipinski definition) is 2. The largest absolute Gasteiger partial charge is 0.393 e. The van der Waals surface area contributed by atoms with Gasteiger partial charge in [0.25, 0.3) is 0 Å². The summed E-state index contributed by atoms with van der Waals surface area (Å²) in [5.74, 6) is 0. The van der Waals surface area contributed by atoms with Gasteiger partial charge in [-0.15, -0.1) is 0 Å². The Hall–Kier alpha value is -0.0800. The predicted octanol–water partition coefficient (Wildman–Crippen LogP) is 1.28. The highest BCUT2D eigenvalue weighted by Crippen LogP contribution is 2.47. The van der Waals surface area contributed by atoms with E-state index in [1.165, 1.54) is 19.3 Å². The van der Waals surface area contributed by atoms with Crippen molar-refractivity contribution < 1.29 is 5.11 Å². The molecule has 0 saturated heterocycles. The Balaban J connectivity index is 2.40. The maximum atomic E-state index is 9.74. The van der Waals surface area contributed by atoms with Crippen LogP contribution in [-0.2, 0) is 0 Å². The van der Waals surface area contributed by atoms with Crippen LogP contribution in [0.2, 0.25) is 0 Å². The van der Waals surface area contributed by atoms with Crippen LogP contribution in [-0.4, -0.2) is 17.8 Å². The van der Waals surface area contributed by atoms with Crippen molar-refractivity contribution >= 4 is 0 Å². The number of hydrogen-bond acceptors (Lipinski definition) is 2. The van der Waals surface area contributed by atoms with Gasteiger partial charge in [0.05, 0.1) is 6.10 Å². The van der Waals surface area contributed by atoms with Crippen LogP contribution in [0.3, 0.4) is 0 Å². The zero-order valence-corrected chi connectivity index (χ0v) is 7.34. The van der Waals surface area contributed by atoms with E-state index in [-0.39, 0.29) is 11.5 Å². The fourth-order valence-electron chi connectivity index (χ4n) is 2.02. The molecule has 0 aromatic carbocycles. The van der Waals surface area contributed by atoms with Gasteiger partial charge in [0.1, 0.15) is 0 Å². The molecule has 0 bridgehead atoms. The third-order valence-electron chi connectivity index (χ3n) is 3.20. The van der Waals surface area contributed by atoms with E-state index < -0.39 is 0 Å². The van der Waals surface area contributed by atoms with Gasteiger partial charge in [-0.1, -0.05) is 13.3 Å². The van der Waals surface area contributed by atoms with Gasteiger partial charge < -0.3 is 10.8 Å². The summed E-state index contributed by atoms with van der Waals surface area (Å²) in [6.45, 7) is 2.78. The smallest absolute Gasteiger partial charge is 0.0608 e. The SMILES string of the molecule is CCC1(C(O)CCN)CCC1. The van der Waals surface area contributed by atoms with Gasteiger partial charge in [-0.3, -0.25) is 0 Å². The lowest BCUT2D eigenvalue weighted by Crippen LogP contribution is -2.41. The standard InChI is InChI=1S/C9H19NO/c1-2-9(5-3-6-9)8(11)4-7-10/h8,11H,2-7,10H2,1H3. The molecule has 11 heavy (non-hydrogen) atoms. The molecule has 1 aliphatic carbocycles. The van der Waals surface area contributed by atoms with Gasteiger partial charge in [0.15, 0.2) is 0 Å². The molecule has 2 heteroatoms. The van der Waals surface area contributed by atoms with Crippen LogP contribution in [0.5, 0.6) is 0 Å². The summed E-state index contributed by atoms with van der Waals surface area (Å²) in [5, 5.41) is 9.74. The van der Waals surface area contributed by atoms with Gasteiger partial charge in [-0.25, -0.2) is 0 Å². The van der Waals surface area contributed by atoms with Crippen LogP contribution in [0.4, 0.5) is 0 Å². The van der Waals surface area contributed by atoms with E-state index in [4.69, 9.17) is 5.73 Å². The zero-order chi connectivity index (χ0) is 8.32. The van der Waals surface area contributed by atoms with E-state index in [1.807, 2.05) is 0 Å². The topological polar surface area (TPSA) is 46.2 Å². The second-order valence-electron chi connectivity index (χ2n) is 3.66. The van der Waals surface area contributed by atoms with Crippen molar-refractivity contribution in [2.24, 2.45) is 11.1 Å². The fraction of sp³-hybridized carbons (Fsp3) is 1.00. The normalized spacial score (nSPS) is 24.3. The summed E-state index contributed by atoms with van der Waals surface area (Å²) in [7, 11) is 0. The molecule has 1 atom stereocenters. The van der Waals surface area contributed by atoms with Crippen molar-refractivity contribution in [3.8, 4) is 0 Å². The lowest BCUT2D eigenvalue weighted by Gasteiger charge is -2.45. The first-order valence-electron chi connectivity index (χ1n) is 4.63. The van der Waals surface area contributed by atoms with Crippen molar-refractivity contribution in [3.05, 3.63) is 0 Å². The summed E-state index contributed by atoms with van der Waals surface area (Å²) >= 11 is 0. The minimum atomic E-state index is -0.147. The molecule has 66 valence electrons. The highest BCUT2D eigenvalue weighted by atomic mass is 16.3. The molecule has 1 aliphatic rings. The molecule has 0 radical (unpaired) electrons. The van der Waals surface area contributed by atoms with Crippen molar-refractivity contribution in [1.82, 2.24) is 0 Å². The Bertz CT molecular complexity index is 115. The third kappa shape index (κ3) is 1.57. The Kier molecular flexibility index (Phi) is 2.90. The predicted molar refractivity (Wildman–Crippen MR) is 46.3 cm³/mol. The number of aliphatic hydroxyl groups is 1. The lowest BCUT2D eigenvalue weighted by molar-refractivity contribution is -0.0405. The van der Waals surface area contributed by atoms with Crippen molar-refractivity contribution in [2.75, 3.05) is 6.54 Å². The first kappa shape index (κ1) is 9.01. The fourth-order valence-corrected chi connectivity index (χ4v) is 2.02. The van der Waals surface area contributed by atoms with Gasteiger partial charge in [-0.05, 0) is 37.6 Å². The van der Waals surface area contributed by atoms with E-state index in [1.54, 1.807) is 0 Å². The van der Waals surface area contributed by atoms with E-state index >= 15 is 0 Å². The summed E-state index contributed by atoms with van der Waals surface area (Å²) in [4.78, 5) is 0. The minimum absolute atomic E-state index is 0.147. The van der Waals surface area contributed by atoms with Crippen LogP contribution in [0, 0.1) is 5.41 Å². The van der Waals surface area contributed by atoms with Crippen LogP contribution in [0.25, 0.3) is 0 Å². The average molecular weight is 157 g/mol. The van der Waals surface area contributed by atoms with Gasteiger partial charge >= 0.3 is 0 Å². The highest BCUT2D eigenvalue weighted by Gasteiger charge is 2.40. The maximum Gasteiger partial charge on any atom is 0.0608 e. The van der Waals surface area contributed by atoms with Crippen LogP contribution in [0.1, 0.15) is 39.0 Å². The molecule has 0 aromatic heterocycles. The van der Waals surface area contributed by atoms with E-state index in [0.717, 1.165) is 12.8 Å². The third-order valence-corrected chi connectivity index (χ3v) is 3.20. The molecule has 0 aliphatic heterocycles. The zero-order valence-electron chi connectivity index (χ0n) is 7.34. The maximum absolute atomic E-state index is 9.74. The molecule has 2 nitrogen and oxygen atoms in total. The Labute approximate surface area is 68.8 Å². The summed E-state index contributed by atoms with van der Waals surface area (Å²) in [6.07, 6.45) is 5.42. The van der Waals surface area contributed by atoms with Gasteiger partial charge in [0.2, 0.25) is 0 Å². The first-order chi connectivity index (χ1) is 5.25. The molecule has 1 saturated carbocycles. The van der Waals surface area contributed by atoms with E-state index in [0.29, 0.717) is 6.54 Å². The summed E-state index contributed by atoms with van der Waals surface area (Å²) in [5.41, 5.74) is 5.65. The number of aliphatic hydroxyl groups excluding tert-OH is 1. The van der Waals surface area contributed by atoms with Crippen LogP contribution >= 0.6 is 0 Å². The van der Waals surface area contributed by atoms with Gasteiger partial charge in [-0.2, -0.15) is 0 Å². The summed E-state index contributed by atoms with van der Waals surface area (Å²) < 4.78 is 0. The number of nitrogens with two attached hydrogens (primary N) is 1. The molecule has 0 aromatic rings. The van der Waals surface area contributed by atoms with E-state index in [9.17, 15) is 5.11 Å². The monoisotopic (exact) mass is 157 g/mol. The molecular weight excluding hydrogens is 138 g/mol. The Morgan fingerprint density at radius 1 is 1.55 bits per heavy atom.